The molecule has 1 aliphatic rings. The van der Waals surface area contributed by atoms with Gasteiger partial charge in [-0.25, -0.2) is 9.78 Å². The van der Waals surface area contributed by atoms with Gasteiger partial charge in [0.05, 0.1) is 0 Å². The predicted molar refractivity (Wildman–Crippen MR) is 66.1 cm³/mol. The smallest absolute Gasteiger partial charge is 0.357 e. The molecule has 92 valence electrons. The van der Waals surface area contributed by atoms with Crippen molar-refractivity contribution in [3.05, 3.63) is 24.0 Å². The van der Waals surface area contributed by atoms with E-state index in [0.29, 0.717) is 11.7 Å². The van der Waals surface area contributed by atoms with Gasteiger partial charge in [-0.3, -0.25) is 0 Å². The van der Waals surface area contributed by atoms with E-state index in [4.69, 9.17) is 4.74 Å². The minimum absolute atomic E-state index is 0.352. The molecule has 1 aromatic rings. The van der Waals surface area contributed by atoms with Crippen LogP contribution in [0.5, 0.6) is 0 Å². The van der Waals surface area contributed by atoms with Crippen LogP contribution in [0.1, 0.15) is 44.1 Å². The molecule has 17 heavy (non-hydrogen) atoms. The zero-order valence-electron chi connectivity index (χ0n) is 10.5. The number of esters is 1. The highest BCUT2D eigenvalue weighted by atomic mass is 16.6. The van der Waals surface area contributed by atoms with Gasteiger partial charge >= 0.3 is 5.97 Å². The molecule has 1 aliphatic carbocycles. The Kier molecular flexibility index (Phi) is 3.05. The summed E-state index contributed by atoms with van der Waals surface area (Å²) in [7, 11) is 0. The van der Waals surface area contributed by atoms with Crippen LogP contribution in [0.2, 0.25) is 0 Å². The maximum atomic E-state index is 11.8. The fraction of sp³-hybridized carbons (Fsp3) is 0.538. The quantitative estimate of drug-likeness (QED) is 0.817. The molecule has 0 aromatic carbocycles. The summed E-state index contributed by atoms with van der Waals surface area (Å²) < 4.78 is 5.27. The number of pyridine rings is 1. The highest BCUT2D eigenvalue weighted by Gasteiger charge is 2.22. The summed E-state index contributed by atoms with van der Waals surface area (Å²) in [5.41, 5.74) is 0.799. The van der Waals surface area contributed by atoms with Crippen LogP contribution >= 0.6 is 0 Å². The maximum absolute atomic E-state index is 11.8. The van der Waals surface area contributed by atoms with Gasteiger partial charge in [-0.1, -0.05) is 0 Å². The van der Waals surface area contributed by atoms with Gasteiger partial charge in [0, 0.05) is 17.9 Å². The topological polar surface area (TPSA) is 51.2 Å². The van der Waals surface area contributed by atoms with Crippen LogP contribution in [0.4, 0.5) is 5.69 Å². The lowest BCUT2D eigenvalue weighted by molar-refractivity contribution is 0.00629. The standard InChI is InChI=1S/C13H18N2O2/c1-13(2,3)17-12(16)11-8-10(6-7-14-11)15-9-4-5-9/h6-9H,4-5H2,1-3H3,(H,14,15). The number of ether oxygens (including phenoxy) is 1. The summed E-state index contributed by atoms with van der Waals surface area (Å²) in [6.45, 7) is 5.53. The van der Waals surface area contributed by atoms with Gasteiger partial charge in [0.15, 0.2) is 0 Å². The van der Waals surface area contributed by atoms with Crippen molar-refractivity contribution in [2.24, 2.45) is 0 Å². The van der Waals surface area contributed by atoms with Gasteiger partial charge in [-0.2, -0.15) is 0 Å². The Hall–Kier alpha value is -1.58. The Morgan fingerprint density at radius 1 is 1.47 bits per heavy atom. The highest BCUT2D eigenvalue weighted by Crippen LogP contribution is 2.24. The van der Waals surface area contributed by atoms with Crippen LogP contribution in [0.15, 0.2) is 18.3 Å². The second-order valence-corrected chi connectivity index (χ2v) is 5.35. The molecule has 4 nitrogen and oxygen atoms in total. The molecule has 0 unspecified atom stereocenters. The summed E-state index contributed by atoms with van der Waals surface area (Å²) in [5, 5.41) is 3.33. The number of hydrogen-bond donors (Lipinski definition) is 1. The molecule has 1 saturated carbocycles. The number of nitrogens with one attached hydrogen (secondary N) is 1. The summed E-state index contributed by atoms with van der Waals surface area (Å²) in [6, 6.07) is 4.17. The summed E-state index contributed by atoms with van der Waals surface area (Å²) >= 11 is 0. The SMILES string of the molecule is CC(C)(C)OC(=O)c1cc(NC2CC2)ccn1. The monoisotopic (exact) mass is 234 g/mol. The van der Waals surface area contributed by atoms with Crippen LogP contribution in [0, 0.1) is 0 Å². The Morgan fingerprint density at radius 3 is 2.76 bits per heavy atom. The van der Waals surface area contributed by atoms with E-state index in [9.17, 15) is 4.79 Å². The van der Waals surface area contributed by atoms with E-state index < -0.39 is 5.60 Å². The van der Waals surface area contributed by atoms with E-state index in [1.165, 1.54) is 12.8 Å². The first kappa shape index (κ1) is 11.9. The van der Waals surface area contributed by atoms with E-state index in [2.05, 4.69) is 10.3 Å². The molecule has 0 bridgehead atoms. The molecule has 2 rings (SSSR count). The van der Waals surface area contributed by atoms with Gasteiger partial charge in [-0.15, -0.1) is 0 Å². The Balaban J connectivity index is 2.06. The van der Waals surface area contributed by atoms with Crippen LogP contribution in [0.3, 0.4) is 0 Å². The lowest BCUT2D eigenvalue weighted by atomic mass is 10.2. The second kappa shape index (κ2) is 4.35. The van der Waals surface area contributed by atoms with Crippen molar-refractivity contribution in [3.8, 4) is 0 Å². The first-order chi connectivity index (χ1) is 7.94. The van der Waals surface area contributed by atoms with E-state index in [-0.39, 0.29) is 5.97 Å². The number of anilines is 1. The fourth-order valence-electron chi connectivity index (χ4n) is 1.43. The van der Waals surface area contributed by atoms with Crippen LogP contribution in [-0.4, -0.2) is 22.6 Å². The van der Waals surface area contributed by atoms with E-state index >= 15 is 0 Å². The maximum Gasteiger partial charge on any atom is 0.357 e. The number of nitrogens with zero attached hydrogens (tertiary/aromatic N) is 1. The molecule has 0 atom stereocenters. The molecule has 0 radical (unpaired) electrons. The third-order valence-corrected chi connectivity index (χ3v) is 2.32. The molecule has 0 aliphatic heterocycles. The van der Waals surface area contributed by atoms with Crippen LogP contribution in [-0.2, 0) is 4.74 Å². The molecule has 0 saturated heterocycles. The first-order valence-electron chi connectivity index (χ1n) is 5.90. The number of carbonyl (C=O) groups is 1. The van der Waals surface area contributed by atoms with Crippen LogP contribution < -0.4 is 5.32 Å². The highest BCUT2D eigenvalue weighted by molar-refractivity contribution is 5.88. The zero-order valence-corrected chi connectivity index (χ0v) is 10.5. The van der Waals surface area contributed by atoms with Crippen molar-refractivity contribution in [2.75, 3.05) is 5.32 Å². The lowest BCUT2D eigenvalue weighted by Gasteiger charge is -2.19. The van der Waals surface area contributed by atoms with Gasteiger partial charge in [-0.05, 0) is 45.7 Å². The summed E-state index contributed by atoms with van der Waals surface area (Å²) in [6.07, 6.45) is 4.03. The third kappa shape index (κ3) is 3.73. The first-order valence-corrected chi connectivity index (χ1v) is 5.90. The molecule has 1 N–H and O–H groups in total. The zero-order chi connectivity index (χ0) is 12.5. The van der Waals surface area contributed by atoms with Gasteiger partial charge in [0.1, 0.15) is 11.3 Å². The molecule has 4 heteroatoms. The van der Waals surface area contributed by atoms with Gasteiger partial charge in [0.25, 0.3) is 0 Å². The Labute approximate surface area is 101 Å². The second-order valence-electron chi connectivity index (χ2n) is 5.35. The number of rotatable bonds is 3. The Bertz CT molecular complexity index is 420. The normalized spacial score (nSPS) is 15.5. The predicted octanol–water partition coefficient (Wildman–Crippen LogP) is 2.61. The lowest BCUT2D eigenvalue weighted by Crippen LogP contribution is -2.24. The molecule has 1 fully saturated rings. The minimum Gasteiger partial charge on any atom is -0.455 e. The average Bonchev–Trinajstić information content (AvgIpc) is 2.99. The fourth-order valence-corrected chi connectivity index (χ4v) is 1.43. The van der Waals surface area contributed by atoms with Gasteiger partial charge < -0.3 is 10.1 Å². The van der Waals surface area contributed by atoms with Gasteiger partial charge in [0.2, 0.25) is 0 Å². The van der Waals surface area contributed by atoms with Crippen molar-refractivity contribution in [2.45, 2.75) is 45.3 Å². The van der Waals surface area contributed by atoms with Crippen molar-refractivity contribution in [3.63, 3.8) is 0 Å². The molecule has 0 amide bonds. The van der Waals surface area contributed by atoms with Crippen molar-refractivity contribution < 1.29 is 9.53 Å². The number of aromatic nitrogens is 1. The summed E-state index contributed by atoms with van der Waals surface area (Å²) in [4.78, 5) is 15.8. The molecule has 1 aromatic heterocycles. The third-order valence-electron chi connectivity index (χ3n) is 2.32. The Morgan fingerprint density at radius 2 is 2.18 bits per heavy atom. The van der Waals surface area contributed by atoms with Crippen LogP contribution in [0.25, 0.3) is 0 Å². The van der Waals surface area contributed by atoms with Crippen molar-refractivity contribution in [1.82, 2.24) is 4.98 Å². The van der Waals surface area contributed by atoms with Crippen molar-refractivity contribution >= 4 is 11.7 Å². The minimum atomic E-state index is -0.487. The van der Waals surface area contributed by atoms with E-state index in [1.54, 1.807) is 12.3 Å². The number of hydrogen-bond acceptors (Lipinski definition) is 4. The molecular weight excluding hydrogens is 216 g/mol. The van der Waals surface area contributed by atoms with Crippen molar-refractivity contribution in [1.29, 1.82) is 0 Å². The average molecular weight is 234 g/mol. The largest absolute Gasteiger partial charge is 0.455 e. The molecular formula is C13H18N2O2. The molecule has 1 heterocycles. The summed E-state index contributed by atoms with van der Waals surface area (Å²) in [5.74, 6) is -0.378. The number of carbonyl (C=O) groups excluding carboxylic acids is 1. The molecule has 0 spiro atoms. The van der Waals surface area contributed by atoms with E-state index in [1.807, 2.05) is 26.8 Å². The van der Waals surface area contributed by atoms with E-state index in [0.717, 1.165) is 5.69 Å².